The van der Waals surface area contributed by atoms with Crippen LogP contribution in [-0.4, -0.2) is 48.9 Å². The van der Waals surface area contributed by atoms with E-state index in [0.29, 0.717) is 32.4 Å². The van der Waals surface area contributed by atoms with Gasteiger partial charge in [0.25, 0.3) is 0 Å². The minimum Gasteiger partial charge on any atom is -0.357 e. The Labute approximate surface area is 172 Å². The smallest absolute Gasteiger partial charge is 0.229 e. The zero-order chi connectivity index (χ0) is 17.9. The molecule has 26 heavy (non-hydrogen) atoms. The summed E-state index contributed by atoms with van der Waals surface area (Å²) in [5.74, 6) is 0.596. The Morgan fingerprint density at radius 2 is 1.81 bits per heavy atom. The summed E-state index contributed by atoms with van der Waals surface area (Å²) in [5.41, 5.74) is 1.32. The monoisotopic (exact) mass is 472 g/mol. The molecule has 0 radical (unpaired) electrons. The fraction of sp³-hybridized carbons (Fsp3) is 0.526. The van der Waals surface area contributed by atoms with Gasteiger partial charge in [0.05, 0.1) is 0 Å². The van der Waals surface area contributed by atoms with Gasteiger partial charge in [-0.05, 0) is 31.7 Å². The molecule has 144 valence electrons. The molecule has 0 aromatic heterocycles. The minimum absolute atomic E-state index is 0. The first kappa shape index (κ1) is 22.4. The third kappa shape index (κ3) is 7.72. The van der Waals surface area contributed by atoms with Crippen LogP contribution in [0.15, 0.2) is 35.3 Å². The summed E-state index contributed by atoms with van der Waals surface area (Å²) in [6.45, 7) is 4.42. The second-order valence-electron chi connectivity index (χ2n) is 6.07. The van der Waals surface area contributed by atoms with Crippen molar-refractivity contribution in [2.75, 3.05) is 26.2 Å². The van der Waals surface area contributed by atoms with E-state index >= 15 is 0 Å². The zero-order valence-electron chi connectivity index (χ0n) is 15.4. The molecule has 1 aromatic rings. The molecule has 0 spiro atoms. The van der Waals surface area contributed by atoms with Crippen LogP contribution in [0.1, 0.15) is 38.2 Å². The Morgan fingerprint density at radius 3 is 2.46 bits per heavy atom. The van der Waals surface area contributed by atoms with Crippen LogP contribution in [0.2, 0.25) is 0 Å². The van der Waals surface area contributed by atoms with Crippen molar-refractivity contribution in [1.82, 2.24) is 15.5 Å². The van der Waals surface area contributed by atoms with Crippen molar-refractivity contribution in [3.63, 3.8) is 0 Å². The normalized spacial score (nSPS) is 14.8. The summed E-state index contributed by atoms with van der Waals surface area (Å²) < 4.78 is 0. The van der Waals surface area contributed by atoms with Gasteiger partial charge >= 0.3 is 0 Å². The molecule has 1 aliphatic rings. The molecule has 1 aliphatic heterocycles. The van der Waals surface area contributed by atoms with E-state index in [4.69, 9.17) is 0 Å². The highest BCUT2D eigenvalue weighted by Gasteiger charge is 2.25. The van der Waals surface area contributed by atoms with Crippen LogP contribution in [0, 0.1) is 0 Å². The van der Waals surface area contributed by atoms with Crippen LogP contribution in [0.4, 0.5) is 0 Å². The van der Waals surface area contributed by atoms with Gasteiger partial charge in [-0.15, -0.1) is 24.0 Å². The number of aryl methyl sites for hydroxylation is 1. The first-order chi connectivity index (χ1) is 12.2. The summed E-state index contributed by atoms with van der Waals surface area (Å²) >= 11 is 0. The number of likely N-dealkylation sites (tertiary alicyclic amines) is 1. The minimum atomic E-state index is -0.0668. The van der Waals surface area contributed by atoms with Crippen molar-refractivity contribution >= 4 is 41.8 Å². The van der Waals surface area contributed by atoms with E-state index in [1.165, 1.54) is 10.5 Å². The Morgan fingerprint density at radius 1 is 1.12 bits per heavy atom. The lowest BCUT2D eigenvalue weighted by Gasteiger charge is -2.25. The summed E-state index contributed by atoms with van der Waals surface area (Å²) in [5, 5.41) is 6.39. The number of nitrogens with zero attached hydrogens (tertiary/aromatic N) is 2. The maximum atomic E-state index is 11.8. The molecule has 1 aromatic carbocycles. The van der Waals surface area contributed by atoms with Gasteiger partial charge in [0, 0.05) is 39.0 Å². The van der Waals surface area contributed by atoms with Crippen molar-refractivity contribution < 1.29 is 9.59 Å². The Balaban J connectivity index is 0.00000338. The van der Waals surface area contributed by atoms with E-state index in [1.54, 1.807) is 0 Å². The van der Waals surface area contributed by atoms with Gasteiger partial charge in [0.15, 0.2) is 5.96 Å². The number of rotatable bonds is 8. The highest BCUT2D eigenvalue weighted by Crippen LogP contribution is 2.11. The largest absolute Gasteiger partial charge is 0.357 e. The number of amides is 2. The molecule has 0 unspecified atom stereocenters. The summed E-state index contributed by atoms with van der Waals surface area (Å²) in [6, 6.07) is 10.4. The van der Waals surface area contributed by atoms with Gasteiger partial charge < -0.3 is 10.6 Å². The van der Waals surface area contributed by atoms with Crippen LogP contribution in [0.5, 0.6) is 0 Å². The molecule has 2 N–H and O–H groups in total. The quantitative estimate of drug-likeness (QED) is 0.200. The van der Waals surface area contributed by atoms with Crippen molar-refractivity contribution in [2.24, 2.45) is 4.99 Å². The van der Waals surface area contributed by atoms with Gasteiger partial charge in [-0.25, -0.2) is 0 Å². The topological polar surface area (TPSA) is 73.8 Å². The Hall–Kier alpha value is -1.64. The number of carbonyl (C=O) groups is 2. The molecule has 1 saturated heterocycles. The molecule has 1 fully saturated rings. The van der Waals surface area contributed by atoms with Crippen molar-refractivity contribution in [2.45, 2.75) is 39.0 Å². The van der Waals surface area contributed by atoms with Gasteiger partial charge in [-0.3, -0.25) is 19.5 Å². The van der Waals surface area contributed by atoms with Crippen LogP contribution in [-0.2, 0) is 16.0 Å². The number of imide groups is 1. The molecule has 7 heteroatoms. The van der Waals surface area contributed by atoms with E-state index < -0.39 is 0 Å². The van der Waals surface area contributed by atoms with E-state index in [1.807, 2.05) is 25.1 Å². The highest BCUT2D eigenvalue weighted by molar-refractivity contribution is 14.0. The maximum Gasteiger partial charge on any atom is 0.229 e. The van der Waals surface area contributed by atoms with E-state index in [2.05, 4.69) is 27.8 Å². The molecule has 0 atom stereocenters. The number of benzene rings is 1. The van der Waals surface area contributed by atoms with Gasteiger partial charge in [-0.2, -0.15) is 0 Å². The number of piperidine rings is 1. The number of hydrogen-bond acceptors (Lipinski definition) is 3. The van der Waals surface area contributed by atoms with Crippen molar-refractivity contribution in [1.29, 1.82) is 0 Å². The number of aliphatic imine (C=N–C) groups is 1. The van der Waals surface area contributed by atoms with Crippen LogP contribution >= 0.6 is 24.0 Å². The number of halogens is 1. The molecule has 2 rings (SSSR count). The van der Waals surface area contributed by atoms with E-state index in [9.17, 15) is 9.59 Å². The van der Waals surface area contributed by atoms with Crippen molar-refractivity contribution in [3.05, 3.63) is 35.9 Å². The molecule has 0 saturated carbocycles. The average molecular weight is 472 g/mol. The summed E-state index contributed by atoms with van der Waals surface area (Å²) in [4.78, 5) is 29.5. The highest BCUT2D eigenvalue weighted by atomic mass is 127. The Kier molecular flexibility index (Phi) is 10.9. The average Bonchev–Trinajstić information content (AvgIpc) is 2.62. The van der Waals surface area contributed by atoms with Crippen molar-refractivity contribution in [3.8, 4) is 0 Å². The lowest BCUT2D eigenvalue weighted by Crippen LogP contribution is -2.46. The van der Waals surface area contributed by atoms with Crippen LogP contribution in [0.25, 0.3) is 0 Å². The SMILES string of the molecule is CCNC(=NCCCc1ccccc1)NCCN1C(=O)CCCC1=O.I. The Bertz CT molecular complexity index is 576. The molecule has 0 bridgehead atoms. The first-order valence-electron chi connectivity index (χ1n) is 9.10. The second-order valence-corrected chi connectivity index (χ2v) is 6.07. The molecule has 2 amide bonds. The van der Waals surface area contributed by atoms with Gasteiger partial charge in [-0.1, -0.05) is 30.3 Å². The lowest BCUT2D eigenvalue weighted by molar-refractivity contribution is -0.147. The molecule has 6 nitrogen and oxygen atoms in total. The fourth-order valence-corrected chi connectivity index (χ4v) is 2.80. The number of nitrogens with one attached hydrogen (secondary N) is 2. The molecule has 0 aliphatic carbocycles. The summed E-state index contributed by atoms with van der Waals surface area (Å²) in [6.07, 6.45) is 3.59. The maximum absolute atomic E-state index is 11.8. The van der Waals surface area contributed by atoms with Crippen LogP contribution in [0.3, 0.4) is 0 Å². The van der Waals surface area contributed by atoms with Crippen LogP contribution < -0.4 is 10.6 Å². The predicted molar refractivity (Wildman–Crippen MR) is 115 cm³/mol. The number of guanidine groups is 1. The van der Waals surface area contributed by atoms with E-state index in [0.717, 1.165) is 31.9 Å². The number of carbonyl (C=O) groups excluding carboxylic acids is 2. The summed E-state index contributed by atoms with van der Waals surface area (Å²) in [7, 11) is 0. The standard InChI is InChI=1S/C19H28N4O2.HI/c1-2-20-19(21-13-7-10-16-8-4-3-5-9-16)22-14-15-23-17(24)11-6-12-18(23)25;/h3-5,8-9H,2,6-7,10-15H2,1H3,(H2,20,21,22);1H. The zero-order valence-corrected chi connectivity index (χ0v) is 17.7. The van der Waals surface area contributed by atoms with E-state index in [-0.39, 0.29) is 35.8 Å². The number of hydrogen-bond donors (Lipinski definition) is 2. The lowest BCUT2D eigenvalue weighted by atomic mass is 10.1. The van der Waals surface area contributed by atoms with Gasteiger partial charge in [0.1, 0.15) is 0 Å². The second kappa shape index (κ2) is 12.7. The predicted octanol–water partition coefficient (Wildman–Crippen LogP) is 2.33. The third-order valence-corrected chi connectivity index (χ3v) is 4.09. The fourth-order valence-electron chi connectivity index (χ4n) is 2.80. The van der Waals surface area contributed by atoms with Gasteiger partial charge in [0.2, 0.25) is 11.8 Å². The molecular weight excluding hydrogens is 443 g/mol. The molecular formula is C19H29IN4O2. The first-order valence-corrected chi connectivity index (χ1v) is 9.10. The molecule has 1 heterocycles. The third-order valence-electron chi connectivity index (χ3n) is 4.09.